The van der Waals surface area contributed by atoms with Crippen LogP contribution < -0.4 is 16.4 Å². The van der Waals surface area contributed by atoms with E-state index in [-0.39, 0.29) is 6.54 Å². The molecular weight excluding hydrogens is 254 g/mol. The molecule has 0 aliphatic carbocycles. The van der Waals surface area contributed by atoms with Crippen molar-refractivity contribution in [1.29, 1.82) is 0 Å². The van der Waals surface area contributed by atoms with Crippen molar-refractivity contribution in [2.24, 2.45) is 5.73 Å². The average molecular weight is 269 g/mol. The van der Waals surface area contributed by atoms with Crippen molar-refractivity contribution in [1.82, 2.24) is 10.6 Å². The van der Waals surface area contributed by atoms with Gasteiger partial charge in [0.25, 0.3) is 0 Å². The van der Waals surface area contributed by atoms with Gasteiger partial charge in [-0.1, -0.05) is 0 Å². The van der Waals surface area contributed by atoms with Gasteiger partial charge in [-0.2, -0.15) is 0 Å². The molecule has 19 heavy (non-hydrogen) atoms. The quantitative estimate of drug-likeness (QED) is 0.526. The number of furan rings is 1. The molecule has 5 N–H and O–H groups in total. The van der Waals surface area contributed by atoms with Crippen LogP contribution in [0.25, 0.3) is 0 Å². The van der Waals surface area contributed by atoms with Gasteiger partial charge in [-0.15, -0.1) is 0 Å². The van der Waals surface area contributed by atoms with Crippen molar-refractivity contribution in [3.63, 3.8) is 0 Å². The van der Waals surface area contributed by atoms with E-state index in [1.165, 1.54) is 6.26 Å². The number of carboxylic acids is 1. The van der Waals surface area contributed by atoms with Gasteiger partial charge in [0.15, 0.2) is 0 Å². The highest BCUT2D eigenvalue weighted by molar-refractivity contribution is 5.87. The first kappa shape index (κ1) is 14.6. The van der Waals surface area contributed by atoms with Crippen molar-refractivity contribution in [3.05, 3.63) is 24.2 Å². The minimum Gasteiger partial charge on any atom is -0.480 e. The molecule has 0 saturated carbocycles. The SMILES string of the molecule is NC(=O)C[C@@H](NC(=O)NCCc1ccco1)C(=O)O. The first-order chi connectivity index (χ1) is 8.99. The van der Waals surface area contributed by atoms with Gasteiger partial charge in [0.2, 0.25) is 5.91 Å². The van der Waals surface area contributed by atoms with Crippen LogP contribution in [0.3, 0.4) is 0 Å². The normalized spacial score (nSPS) is 11.6. The van der Waals surface area contributed by atoms with Crippen LogP contribution in [-0.4, -0.2) is 35.6 Å². The molecule has 0 unspecified atom stereocenters. The van der Waals surface area contributed by atoms with Gasteiger partial charge in [0.1, 0.15) is 11.8 Å². The molecule has 1 aromatic heterocycles. The summed E-state index contributed by atoms with van der Waals surface area (Å²) in [7, 11) is 0. The number of nitrogens with two attached hydrogens (primary N) is 1. The molecule has 0 aliphatic rings. The number of amides is 3. The molecular formula is C11H15N3O5. The molecule has 0 spiro atoms. The van der Waals surface area contributed by atoms with Gasteiger partial charge < -0.3 is 25.9 Å². The zero-order valence-corrected chi connectivity index (χ0v) is 10.1. The van der Waals surface area contributed by atoms with Crippen molar-refractivity contribution >= 4 is 17.9 Å². The fourth-order valence-corrected chi connectivity index (χ4v) is 1.36. The standard InChI is InChI=1S/C11H15N3O5/c12-9(15)6-8(10(16)17)14-11(18)13-4-3-7-2-1-5-19-7/h1-2,5,8H,3-4,6H2,(H2,12,15)(H,16,17)(H2,13,14,18)/t8-/m1/s1. The van der Waals surface area contributed by atoms with Gasteiger partial charge in [-0.25, -0.2) is 9.59 Å². The molecule has 1 rings (SSSR count). The van der Waals surface area contributed by atoms with Crippen LogP contribution >= 0.6 is 0 Å². The van der Waals surface area contributed by atoms with E-state index in [1.54, 1.807) is 12.1 Å². The first-order valence-electron chi connectivity index (χ1n) is 5.57. The number of primary amides is 1. The van der Waals surface area contributed by atoms with E-state index >= 15 is 0 Å². The maximum Gasteiger partial charge on any atom is 0.326 e. The maximum atomic E-state index is 11.4. The number of urea groups is 1. The highest BCUT2D eigenvalue weighted by Crippen LogP contribution is 1.99. The van der Waals surface area contributed by atoms with Crippen molar-refractivity contribution in [2.45, 2.75) is 18.9 Å². The molecule has 1 aromatic rings. The Morgan fingerprint density at radius 2 is 2.16 bits per heavy atom. The number of carbonyl (C=O) groups excluding carboxylic acids is 2. The summed E-state index contributed by atoms with van der Waals surface area (Å²) in [6.07, 6.45) is 1.54. The summed E-state index contributed by atoms with van der Waals surface area (Å²) < 4.78 is 5.06. The minimum atomic E-state index is -1.33. The lowest BCUT2D eigenvalue weighted by atomic mass is 10.2. The predicted molar refractivity (Wildman–Crippen MR) is 64.2 cm³/mol. The number of carbonyl (C=O) groups is 3. The van der Waals surface area contributed by atoms with Crippen molar-refractivity contribution < 1.29 is 23.9 Å². The molecule has 8 heteroatoms. The Morgan fingerprint density at radius 3 is 2.68 bits per heavy atom. The van der Waals surface area contributed by atoms with E-state index in [1.807, 2.05) is 0 Å². The Kier molecular flexibility index (Phi) is 5.39. The molecule has 0 aromatic carbocycles. The number of aliphatic carboxylic acids is 1. The summed E-state index contributed by atoms with van der Waals surface area (Å²) in [6, 6.07) is 1.47. The van der Waals surface area contributed by atoms with Gasteiger partial charge in [-0.05, 0) is 12.1 Å². The lowest BCUT2D eigenvalue weighted by molar-refractivity contribution is -0.140. The second-order valence-electron chi connectivity index (χ2n) is 3.79. The third-order valence-corrected chi connectivity index (χ3v) is 2.25. The number of hydrogen-bond donors (Lipinski definition) is 4. The van der Waals surface area contributed by atoms with Crippen molar-refractivity contribution in [3.8, 4) is 0 Å². The van der Waals surface area contributed by atoms with Gasteiger partial charge >= 0.3 is 12.0 Å². The van der Waals surface area contributed by atoms with Crippen LogP contribution in [0.1, 0.15) is 12.2 Å². The summed E-state index contributed by atoms with van der Waals surface area (Å²) in [5.41, 5.74) is 4.88. The maximum absolute atomic E-state index is 11.4. The van der Waals surface area contributed by atoms with E-state index in [9.17, 15) is 14.4 Å². The Bertz CT molecular complexity index is 443. The van der Waals surface area contributed by atoms with Crippen LogP contribution in [0.2, 0.25) is 0 Å². The number of rotatable bonds is 7. The molecule has 0 bridgehead atoms. The van der Waals surface area contributed by atoms with Crippen LogP contribution in [0.5, 0.6) is 0 Å². The summed E-state index contributed by atoms with van der Waals surface area (Å²) in [5, 5.41) is 13.4. The van der Waals surface area contributed by atoms with Crippen LogP contribution in [0.4, 0.5) is 4.79 Å². The van der Waals surface area contributed by atoms with Crippen LogP contribution in [-0.2, 0) is 16.0 Å². The fourth-order valence-electron chi connectivity index (χ4n) is 1.36. The van der Waals surface area contributed by atoms with E-state index in [4.69, 9.17) is 15.3 Å². The third-order valence-electron chi connectivity index (χ3n) is 2.25. The smallest absolute Gasteiger partial charge is 0.326 e. The second-order valence-corrected chi connectivity index (χ2v) is 3.79. The molecule has 1 atom stereocenters. The lowest BCUT2D eigenvalue weighted by Crippen LogP contribution is -2.48. The average Bonchev–Trinajstić information content (AvgIpc) is 2.80. The first-order valence-corrected chi connectivity index (χ1v) is 5.57. The van der Waals surface area contributed by atoms with Crippen LogP contribution in [0, 0.1) is 0 Å². The fraction of sp³-hybridized carbons (Fsp3) is 0.364. The molecule has 0 radical (unpaired) electrons. The molecule has 0 fully saturated rings. The predicted octanol–water partition coefficient (Wildman–Crippen LogP) is -0.550. The third kappa shape index (κ3) is 5.57. The molecule has 3 amide bonds. The Balaban J connectivity index is 2.32. The van der Waals surface area contributed by atoms with E-state index in [0.29, 0.717) is 12.2 Å². The largest absolute Gasteiger partial charge is 0.480 e. The topological polar surface area (TPSA) is 135 Å². The van der Waals surface area contributed by atoms with Crippen molar-refractivity contribution in [2.75, 3.05) is 6.54 Å². The zero-order valence-electron chi connectivity index (χ0n) is 10.1. The van der Waals surface area contributed by atoms with Crippen LogP contribution in [0.15, 0.2) is 22.8 Å². The monoisotopic (exact) mass is 269 g/mol. The van der Waals surface area contributed by atoms with E-state index < -0.39 is 30.4 Å². The number of hydrogen-bond acceptors (Lipinski definition) is 4. The van der Waals surface area contributed by atoms with Gasteiger partial charge in [0, 0.05) is 13.0 Å². The summed E-state index contributed by atoms with van der Waals surface area (Å²) in [5.74, 6) is -1.42. The molecule has 104 valence electrons. The van der Waals surface area contributed by atoms with Gasteiger partial charge in [0.05, 0.1) is 12.7 Å². The van der Waals surface area contributed by atoms with Gasteiger partial charge in [-0.3, -0.25) is 4.79 Å². The Morgan fingerprint density at radius 1 is 1.42 bits per heavy atom. The minimum absolute atomic E-state index is 0.280. The van der Waals surface area contributed by atoms with E-state index in [2.05, 4.69) is 10.6 Å². The molecule has 1 heterocycles. The highest BCUT2D eigenvalue weighted by Gasteiger charge is 2.21. The number of carboxylic acid groups (broad SMARTS) is 1. The highest BCUT2D eigenvalue weighted by atomic mass is 16.4. The Hall–Kier alpha value is -2.51. The summed E-state index contributed by atoms with van der Waals surface area (Å²) in [4.78, 5) is 32.8. The molecule has 0 saturated heterocycles. The molecule has 8 nitrogen and oxygen atoms in total. The molecule has 0 aliphatic heterocycles. The summed E-state index contributed by atoms with van der Waals surface area (Å²) >= 11 is 0. The van der Waals surface area contributed by atoms with E-state index in [0.717, 1.165) is 0 Å². The number of nitrogens with one attached hydrogen (secondary N) is 2. The summed E-state index contributed by atoms with van der Waals surface area (Å²) in [6.45, 7) is 0.280. The second kappa shape index (κ2) is 7.04. The Labute approximate surface area is 108 Å². The lowest BCUT2D eigenvalue weighted by Gasteiger charge is -2.13. The zero-order chi connectivity index (χ0) is 14.3.